The highest BCUT2D eigenvalue weighted by atomic mass is 16.4. The van der Waals surface area contributed by atoms with E-state index in [0.717, 1.165) is 0 Å². The van der Waals surface area contributed by atoms with Crippen molar-refractivity contribution in [3.63, 3.8) is 0 Å². The third-order valence-electron chi connectivity index (χ3n) is 1.54. The van der Waals surface area contributed by atoms with Crippen LogP contribution in [0.1, 0.15) is 36.7 Å². The van der Waals surface area contributed by atoms with Gasteiger partial charge in [0.05, 0.1) is 5.56 Å². The topological polar surface area (TPSA) is 57.5 Å². The zero-order valence-corrected chi connectivity index (χ0v) is 10.3. The van der Waals surface area contributed by atoms with Gasteiger partial charge in [0.1, 0.15) is 5.75 Å². The first-order chi connectivity index (χ1) is 7.54. The molecule has 0 saturated carbocycles. The van der Waals surface area contributed by atoms with E-state index in [4.69, 9.17) is 10.2 Å². The zero-order valence-electron chi connectivity index (χ0n) is 10.3. The lowest BCUT2D eigenvalue weighted by molar-refractivity contribution is 0.0695. The number of hydrogen-bond acceptors (Lipinski definition) is 2. The van der Waals surface area contributed by atoms with Crippen LogP contribution in [-0.4, -0.2) is 16.2 Å². The van der Waals surface area contributed by atoms with E-state index < -0.39 is 5.97 Å². The molecule has 1 aromatic rings. The summed E-state index contributed by atoms with van der Waals surface area (Å²) in [6.45, 7) is 10.8. The summed E-state index contributed by atoms with van der Waals surface area (Å²) in [5.74, 6) is -0.997. The van der Waals surface area contributed by atoms with E-state index in [-0.39, 0.29) is 11.3 Å². The molecule has 1 aromatic carbocycles. The van der Waals surface area contributed by atoms with Crippen molar-refractivity contribution in [1.29, 1.82) is 0 Å². The van der Waals surface area contributed by atoms with Crippen LogP contribution >= 0.6 is 0 Å². The largest absolute Gasteiger partial charge is 0.508 e. The number of rotatable bonds is 1. The van der Waals surface area contributed by atoms with Gasteiger partial charge in [-0.05, 0) is 26.0 Å². The second kappa shape index (κ2) is 9.77. The van der Waals surface area contributed by atoms with Crippen molar-refractivity contribution in [3.8, 4) is 5.75 Å². The summed E-state index contributed by atoms with van der Waals surface area (Å²) in [6.07, 6.45) is 1.75. The molecule has 0 aliphatic rings. The minimum Gasteiger partial charge on any atom is -0.508 e. The number of aromatic hydroxyl groups is 1. The van der Waals surface area contributed by atoms with Gasteiger partial charge in [-0.1, -0.05) is 26.0 Å². The van der Waals surface area contributed by atoms with E-state index in [9.17, 15) is 4.79 Å². The van der Waals surface area contributed by atoms with Gasteiger partial charge in [-0.3, -0.25) is 0 Å². The highest BCUT2D eigenvalue weighted by molar-refractivity contribution is 5.90. The summed E-state index contributed by atoms with van der Waals surface area (Å²) in [5.41, 5.74) is 0.546. The predicted molar refractivity (Wildman–Crippen MR) is 67.0 cm³/mol. The SMILES string of the molecule is C=CC.CC.Cc1c(O)cccc1C(=O)O. The van der Waals surface area contributed by atoms with Gasteiger partial charge in [-0.15, -0.1) is 6.58 Å². The Morgan fingerprint density at radius 3 is 2.12 bits per heavy atom. The molecule has 0 atom stereocenters. The molecule has 2 N–H and O–H groups in total. The number of phenols is 1. The Balaban J connectivity index is 0. The highest BCUT2D eigenvalue weighted by Crippen LogP contribution is 2.18. The molecular weight excluding hydrogens is 204 g/mol. The second-order valence-electron chi connectivity index (χ2n) is 2.66. The summed E-state index contributed by atoms with van der Waals surface area (Å²) in [6, 6.07) is 4.42. The van der Waals surface area contributed by atoms with Crippen LogP contribution in [0.2, 0.25) is 0 Å². The van der Waals surface area contributed by atoms with Crippen molar-refractivity contribution < 1.29 is 15.0 Å². The molecule has 16 heavy (non-hydrogen) atoms. The minimum absolute atomic E-state index is 0.0184. The molecule has 90 valence electrons. The molecule has 0 aromatic heterocycles. The molecule has 0 aliphatic heterocycles. The molecule has 0 unspecified atom stereocenters. The van der Waals surface area contributed by atoms with Crippen LogP contribution < -0.4 is 0 Å². The number of benzene rings is 1. The average molecular weight is 224 g/mol. The smallest absolute Gasteiger partial charge is 0.336 e. The molecule has 3 nitrogen and oxygen atoms in total. The van der Waals surface area contributed by atoms with Gasteiger partial charge < -0.3 is 10.2 Å². The van der Waals surface area contributed by atoms with Crippen LogP contribution in [0.25, 0.3) is 0 Å². The molecule has 0 heterocycles. The van der Waals surface area contributed by atoms with Crippen LogP contribution in [-0.2, 0) is 0 Å². The summed E-state index contributed by atoms with van der Waals surface area (Å²) >= 11 is 0. The number of aromatic carboxylic acids is 1. The Kier molecular flexibility index (Phi) is 10.2. The molecule has 0 aliphatic carbocycles. The van der Waals surface area contributed by atoms with Gasteiger partial charge in [-0.25, -0.2) is 4.79 Å². The van der Waals surface area contributed by atoms with Gasteiger partial charge >= 0.3 is 5.97 Å². The van der Waals surface area contributed by atoms with Crippen LogP contribution in [0.15, 0.2) is 30.9 Å². The van der Waals surface area contributed by atoms with Crippen LogP contribution in [0.4, 0.5) is 0 Å². The maximum absolute atomic E-state index is 10.5. The summed E-state index contributed by atoms with van der Waals surface area (Å²) in [4.78, 5) is 10.5. The lowest BCUT2D eigenvalue weighted by atomic mass is 10.1. The lowest BCUT2D eigenvalue weighted by Gasteiger charge is -2.00. The van der Waals surface area contributed by atoms with Crippen LogP contribution in [0.5, 0.6) is 5.75 Å². The van der Waals surface area contributed by atoms with Crippen LogP contribution in [0.3, 0.4) is 0 Å². The number of hydrogen-bond donors (Lipinski definition) is 2. The van der Waals surface area contributed by atoms with Crippen molar-refractivity contribution in [2.45, 2.75) is 27.7 Å². The number of allylic oxidation sites excluding steroid dienone is 1. The maximum Gasteiger partial charge on any atom is 0.336 e. The number of carbonyl (C=O) groups is 1. The maximum atomic E-state index is 10.5. The minimum atomic E-state index is -1.02. The quantitative estimate of drug-likeness (QED) is 0.716. The van der Waals surface area contributed by atoms with Crippen molar-refractivity contribution >= 4 is 5.97 Å². The van der Waals surface area contributed by atoms with Gasteiger partial charge in [0.2, 0.25) is 0 Å². The average Bonchev–Trinajstić information content (AvgIpc) is 2.26. The van der Waals surface area contributed by atoms with Crippen molar-refractivity contribution in [2.75, 3.05) is 0 Å². The van der Waals surface area contributed by atoms with Gasteiger partial charge in [-0.2, -0.15) is 0 Å². The molecular formula is C13H20O3. The Morgan fingerprint density at radius 1 is 1.38 bits per heavy atom. The fourth-order valence-electron chi connectivity index (χ4n) is 0.855. The number of carboxylic acid groups (broad SMARTS) is 1. The van der Waals surface area contributed by atoms with Gasteiger partial charge in [0.25, 0.3) is 0 Å². The normalized spacial score (nSPS) is 7.75. The highest BCUT2D eigenvalue weighted by Gasteiger charge is 2.08. The van der Waals surface area contributed by atoms with E-state index in [1.807, 2.05) is 20.8 Å². The molecule has 0 saturated heterocycles. The first-order valence-electron chi connectivity index (χ1n) is 5.13. The standard InChI is InChI=1S/C8H8O3.C3H6.C2H6/c1-5-6(8(10)11)3-2-4-7(5)9;1-3-2;1-2/h2-4,9H,1H3,(H,10,11);3H,1H2,2H3;1-2H3. The van der Waals surface area contributed by atoms with Crippen molar-refractivity contribution in [3.05, 3.63) is 42.0 Å². The fourth-order valence-corrected chi connectivity index (χ4v) is 0.855. The molecule has 1 rings (SSSR count). The Morgan fingerprint density at radius 2 is 1.81 bits per heavy atom. The molecule has 0 fully saturated rings. The van der Waals surface area contributed by atoms with E-state index in [2.05, 4.69) is 6.58 Å². The fraction of sp³-hybridized carbons (Fsp3) is 0.308. The Labute approximate surface area is 97.1 Å². The Hall–Kier alpha value is -1.77. The molecule has 0 radical (unpaired) electrons. The third-order valence-corrected chi connectivity index (χ3v) is 1.54. The summed E-state index contributed by atoms with van der Waals surface area (Å²) in [5, 5.41) is 17.7. The first-order valence-corrected chi connectivity index (χ1v) is 5.13. The van der Waals surface area contributed by atoms with Crippen LogP contribution in [0, 0.1) is 6.92 Å². The van der Waals surface area contributed by atoms with E-state index in [1.54, 1.807) is 13.0 Å². The number of carboxylic acids is 1. The van der Waals surface area contributed by atoms with Gasteiger partial charge in [0, 0.05) is 5.56 Å². The number of phenolic OH excluding ortho intramolecular Hbond substituents is 1. The third kappa shape index (κ3) is 5.86. The molecule has 0 bridgehead atoms. The molecule has 3 heteroatoms. The second-order valence-corrected chi connectivity index (χ2v) is 2.66. The molecule has 0 spiro atoms. The molecule has 0 amide bonds. The van der Waals surface area contributed by atoms with E-state index >= 15 is 0 Å². The van der Waals surface area contributed by atoms with Gasteiger partial charge in [0.15, 0.2) is 0 Å². The van der Waals surface area contributed by atoms with E-state index in [1.165, 1.54) is 18.2 Å². The Bertz CT molecular complexity index is 330. The van der Waals surface area contributed by atoms with Crippen molar-refractivity contribution in [1.82, 2.24) is 0 Å². The van der Waals surface area contributed by atoms with Crippen molar-refractivity contribution in [2.24, 2.45) is 0 Å². The first kappa shape index (κ1) is 16.7. The predicted octanol–water partition coefficient (Wildman–Crippen LogP) is 3.62. The van der Waals surface area contributed by atoms with E-state index in [0.29, 0.717) is 5.56 Å². The lowest BCUT2D eigenvalue weighted by Crippen LogP contribution is -1.98. The monoisotopic (exact) mass is 224 g/mol. The summed E-state index contributed by atoms with van der Waals surface area (Å²) < 4.78 is 0. The summed E-state index contributed by atoms with van der Waals surface area (Å²) in [7, 11) is 0. The zero-order chi connectivity index (χ0) is 13.1.